The Hall–Kier alpha value is -2.37. The Balaban J connectivity index is 2.11. The number of amides is 1. The molecule has 1 amide bonds. The molecule has 6 heteroatoms. The number of carbonyl (C=O) groups is 1. The number of carbonyl (C=O) groups excluding carboxylic acids is 1. The molecule has 6 nitrogen and oxygen atoms in total. The zero-order valence-electron chi connectivity index (χ0n) is 10.9. The Bertz CT molecular complexity index is 539. The number of benzene rings is 1. The summed E-state index contributed by atoms with van der Waals surface area (Å²) in [4.78, 5) is 16.2. The van der Waals surface area contributed by atoms with Gasteiger partial charge in [0.25, 0.3) is 5.91 Å². The van der Waals surface area contributed by atoms with E-state index < -0.39 is 0 Å². The topological polar surface area (TPSA) is 79.9 Å². The Labute approximate surface area is 111 Å². The summed E-state index contributed by atoms with van der Waals surface area (Å²) in [6, 6.07) is 6.90. The lowest BCUT2D eigenvalue weighted by atomic mass is 10.1. The van der Waals surface area contributed by atoms with Gasteiger partial charge in [0, 0.05) is 0 Å². The van der Waals surface area contributed by atoms with Crippen molar-refractivity contribution in [3.63, 3.8) is 0 Å². The molecule has 1 unspecified atom stereocenters. The summed E-state index contributed by atoms with van der Waals surface area (Å²) >= 11 is 0. The maximum Gasteiger partial charge on any atom is 0.255 e. The first kappa shape index (κ1) is 13.1. The lowest BCUT2D eigenvalue weighted by Crippen LogP contribution is -2.27. The number of ether oxygens (including phenoxy) is 1. The highest BCUT2D eigenvalue weighted by atomic mass is 16.5. The first-order chi connectivity index (χ1) is 9.22. The van der Waals surface area contributed by atoms with Gasteiger partial charge in [0.05, 0.1) is 18.2 Å². The van der Waals surface area contributed by atoms with E-state index in [0.29, 0.717) is 23.7 Å². The molecule has 19 heavy (non-hydrogen) atoms. The maximum atomic E-state index is 12.2. The van der Waals surface area contributed by atoms with Crippen molar-refractivity contribution in [3.05, 3.63) is 42.0 Å². The van der Waals surface area contributed by atoms with Crippen molar-refractivity contribution in [2.45, 2.75) is 19.9 Å². The summed E-state index contributed by atoms with van der Waals surface area (Å²) in [5, 5.41) is 9.33. The van der Waals surface area contributed by atoms with E-state index in [1.54, 1.807) is 18.2 Å². The van der Waals surface area contributed by atoms with Gasteiger partial charge in [-0.25, -0.2) is 4.98 Å². The van der Waals surface area contributed by atoms with Gasteiger partial charge in [0.15, 0.2) is 0 Å². The van der Waals surface area contributed by atoms with Gasteiger partial charge in [-0.1, -0.05) is 12.1 Å². The van der Waals surface area contributed by atoms with E-state index in [1.807, 2.05) is 19.9 Å². The molecule has 0 aliphatic rings. The van der Waals surface area contributed by atoms with Crippen LogP contribution >= 0.6 is 0 Å². The van der Waals surface area contributed by atoms with Crippen LogP contribution in [0.4, 0.5) is 0 Å². The van der Waals surface area contributed by atoms with E-state index in [9.17, 15) is 4.79 Å². The summed E-state index contributed by atoms with van der Waals surface area (Å²) in [5.41, 5.74) is 0.510. The molecule has 2 rings (SSSR count). The van der Waals surface area contributed by atoms with Crippen molar-refractivity contribution >= 4 is 5.91 Å². The molecule has 0 spiro atoms. The van der Waals surface area contributed by atoms with Crippen molar-refractivity contribution in [1.29, 1.82) is 0 Å². The number of aromatic amines is 1. The number of H-pyrrole nitrogens is 1. The molecule has 0 aliphatic carbocycles. The highest BCUT2D eigenvalue weighted by Crippen LogP contribution is 2.18. The second-order valence-electron chi connectivity index (χ2n) is 4.00. The molecule has 0 fully saturated rings. The van der Waals surface area contributed by atoms with Crippen LogP contribution in [0.3, 0.4) is 0 Å². The molecule has 2 N–H and O–H groups in total. The van der Waals surface area contributed by atoms with Gasteiger partial charge in [-0.15, -0.1) is 0 Å². The van der Waals surface area contributed by atoms with Crippen LogP contribution in [-0.2, 0) is 0 Å². The van der Waals surface area contributed by atoms with Crippen molar-refractivity contribution in [2.24, 2.45) is 0 Å². The number of nitrogens with zero attached hydrogens (tertiary/aromatic N) is 2. The molecule has 0 radical (unpaired) electrons. The Kier molecular flexibility index (Phi) is 4.12. The molecular weight excluding hydrogens is 244 g/mol. The van der Waals surface area contributed by atoms with E-state index >= 15 is 0 Å². The van der Waals surface area contributed by atoms with E-state index in [0.717, 1.165) is 0 Å². The van der Waals surface area contributed by atoms with Crippen LogP contribution in [-0.4, -0.2) is 27.7 Å². The fourth-order valence-electron chi connectivity index (χ4n) is 1.70. The van der Waals surface area contributed by atoms with Crippen LogP contribution in [0, 0.1) is 0 Å². The smallest absolute Gasteiger partial charge is 0.255 e. The molecule has 1 aromatic heterocycles. The molecular formula is C13H16N4O2. The van der Waals surface area contributed by atoms with Crippen LogP contribution in [0.1, 0.15) is 36.1 Å². The molecule has 0 saturated carbocycles. The number of hydrogen-bond donors (Lipinski definition) is 2. The van der Waals surface area contributed by atoms with E-state index in [2.05, 4.69) is 20.5 Å². The predicted molar refractivity (Wildman–Crippen MR) is 69.9 cm³/mol. The average Bonchev–Trinajstić information content (AvgIpc) is 2.93. The van der Waals surface area contributed by atoms with Crippen LogP contribution in [0.2, 0.25) is 0 Å². The van der Waals surface area contributed by atoms with Gasteiger partial charge in [0.1, 0.15) is 17.9 Å². The summed E-state index contributed by atoms with van der Waals surface area (Å²) in [6.07, 6.45) is 1.41. The number of para-hydroxylation sites is 1. The Morgan fingerprint density at radius 1 is 1.47 bits per heavy atom. The number of rotatable bonds is 5. The summed E-state index contributed by atoms with van der Waals surface area (Å²) in [5.74, 6) is 0.988. The minimum absolute atomic E-state index is 0.201. The lowest BCUT2D eigenvalue weighted by molar-refractivity contribution is 0.0934. The highest BCUT2D eigenvalue weighted by Gasteiger charge is 2.16. The van der Waals surface area contributed by atoms with Gasteiger partial charge >= 0.3 is 0 Å². The number of hydrogen-bond acceptors (Lipinski definition) is 4. The molecule has 100 valence electrons. The average molecular weight is 260 g/mol. The molecule has 0 aliphatic heterocycles. The Morgan fingerprint density at radius 2 is 2.26 bits per heavy atom. The monoisotopic (exact) mass is 260 g/mol. The summed E-state index contributed by atoms with van der Waals surface area (Å²) < 4.78 is 5.43. The minimum atomic E-state index is -0.246. The van der Waals surface area contributed by atoms with Crippen LogP contribution in [0.15, 0.2) is 30.6 Å². The fraction of sp³-hybridized carbons (Fsp3) is 0.308. The fourth-order valence-corrected chi connectivity index (χ4v) is 1.70. The molecule has 2 aromatic rings. The zero-order chi connectivity index (χ0) is 13.7. The van der Waals surface area contributed by atoms with Gasteiger partial charge < -0.3 is 10.1 Å². The molecule has 0 saturated heterocycles. The van der Waals surface area contributed by atoms with E-state index in [4.69, 9.17) is 4.74 Å². The second kappa shape index (κ2) is 5.99. The molecule has 0 bridgehead atoms. The van der Waals surface area contributed by atoms with Gasteiger partial charge in [0.2, 0.25) is 0 Å². The summed E-state index contributed by atoms with van der Waals surface area (Å²) in [6.45, 7) is 4.23. The lowest BCUT2D eigenvalue weighted by Gasteiger charge is -2.13. The largest absolute Gasteiger partial charge is 0.493 e. The van der Waals surface area contributed by atoms with Crippen molar-refractivity contribution in [3.8, 4) is 5.75 Å². The number of nitrogens with one attached hydrogen (secondary N) is 2. The molecule has 1 aromatic carbocycles. The predicted octanol–water partition coefficient (Wildman–Crippen LogP) is 1.69. The van der Waals surface area contributed by atoms with Gasteiger partial charge in [-0.3, -0.25) is 9.89 Å². The SMILES string of the molecule is CCOc1ccccc1C(=O)NC(C)c1ncn[nH]1. The molecule has 1 heterocycles. The molecule has 1 atom stereocenters. The highest BCUT2D eigenvalue weighted by molar-refractivity contribution is 5.97. The number of aromatic nitrogens is 3. The zero-order valence-corrected chi connectivity index (χ0v) is 10.9. The van der Waals surface area contributed by atoms with Crippen molar-refractivity contribution < 1.29 is 9.53 Å². The maximum absolute atomic E-state index is 12.2. The third-order valence-electron chi connectivity index (χ3n) is 2.62. The second-order valence-corrected chi connectivity index (χ2v) is 4.00. The third kappa shape index (κ3) is 3.09. The first-order valence-corrected chi connectivity index (χ1v) is 6.10. The van der Waals surface area contributed by atoms with E-state index in [-0.39, 0.29) is 11.9 Å². The quantitative estimate of drug-likeness (QED) is 0.857. The van der Waals surface area contributed by atoms with Crippen molar-refractivity contribution in [2.75, 3.05) is 6.61 Å². The first-order valence-electron chi connectivity index (χ1n) is 6.10. The van der Waals surface area contributed by atoms with Crippen LogP contribution < -0.4 is 10.1 Å². The van der Waals surface area contributed by atoms with Gasteiger partial charge in [-0.2, -0.15) is 5.10 Å². The summed E-state index contributed by atoms with van der Waals surface area (Å²) in [7, 11) is 0. The van der Waals surface area contributed by atoms with Gasteiger partial charge in [-0.05, 0) is 26.0 Å². The minimum Gasteiger partial charge on any atom is -0.493 e. The third-order valence-corrected chi connectivity index (χ3v) is 2.62. The van der Waals surface area contributed by atoms with E-state index in [1.165, 1.54) is 6.33 Å². The van der Waals surface area contributed by atoms with Crippen LogP contribution in [0.5, 0.6) is 5.75 Å². The van der Waals surface area contributed by atoms with Crippen LogP contribution in [0.25, 0.3) is 0 Å². The Morgan fingerprint density at radius 3 is 2.95 bits per heavy atom. The standard InChI is InChI=1S/C13H16N4O2/c1-3-19-11-7-5-4-6-10(11)13(18)16-9(2)12-14-8-15-17-12/h4-9H,3H2,1-2H3,(H,16,18)(H,14,15,17). The van der Waals surface area contributed by atoms with Crippen molar-refractivity contribution in [1.82, 2.24) is 20.5 Å². The normalized spacial score (nSPS) is 11.9.